The van der Waals surface area contributed by atoms with E-state index in [0.717, 1.165) is 11.8 Å². The van der Waals surface area contributed by atoms with Crippen molar-refractivity contribution < 1.29 is 61.3 Å². The number of hydrogen-bond acceptors (Lipinski definition) is 0. The van der Waals surface area contributed by atoms with Crippen molar-refractivity contribution in [2.24, 2.45) is 11.8 Å². The second-order valence-electron chi connectivity index (χ2n) is 18.3. The minimum atomic E-state index is -3.93. The summed E-state index contributed by atoms with van der Waals surface area (Å²) in [4.78, 5) is 0. The largest absolute Gasteiger partial charge is 1.00 e. The summed E-state index contributed by atoms with van der Waals surface area (Å²) in [7, 11) is 0. The smallest absolute Gasteiger partial charge is 1.00 e. The quantitative estimate of drug-likeness (QED) is 0.0651. The monoisotopic (exact) mass is 986 g/mol. The molecule has 0 heterocycles. The Labute approximate surface area is 405 Å². The third-order valence-corrected chi connectivity index (χ3v) is 15.9. The van der Waals surface area contributed by atoms with Crippen LogP contribution in [0.4, 0.5) is 13.2 Å². The van der Waals surface area contributed by atoms with Gasteiger partial charge in [0.1, 0.15) is 0 Å². The molecule has 338 valence electrons. The molecule has 0 amide bonds. The van der Waals surface area contributed by atoms with Gasteiger partial charge in [-0.15, -0.1) is 69.1 Å². The van der Waals surface area contributed by atoms with Gasteiger partial charge in [-0.3, -0.25) is 0 Å². The molecule has 2 aliphatic carbocycles. The fourth-order valence-corrected chi connectivity index (χ4v) is 11.3. The number of aryl methyl sites for hydroxylation is 2. The topological polar surface area (TPSA) is 0 Å². The molecule has 0 unspecified atom stereocenters. The fourth-order valence-electron chi connectivity index (χ4n) is 9.74. The third-order valence-electron chi connectivity index (χ3n) is 13.0. The van der Waals surface area contributed by atoms with Gasteiger partial charge in [0, 0.05) is 0 Å². The third kappa shape index (κ3) is 17.1. The molecule has 2 fully saturated rings. The predicted molar refractivity (Wildman–Crippen MR) is 255 cm³/mol. The summed E-state index contributed by atoms with van der Waals surface area (Å²) < 4.78 is 34.3. The molecule has 0 atom stereocenters. The van der Waals surface area contributed by atoms with Crippen LogP contribution >= 0.6 is 0 Å². The van der Waals surface area contributed by atoms with Crippen LogP contribution in [0.5, 0.6) is 0 Å². The van der Waals surface area contributed by atoms with Crippen LogP contribution in [-0.4, -0.2) is 11.6 Å². The number of alkyl halides is 3. The number of halogens is 5. The van der Waals surface area contributed by atoms with E-state index < -0.39 is 18.0 Å². The molecule has 0 nitrogen and oxygen atoms in total. The summed E-state index contributed by atoms with van der Waals surface area (Å²) in [6.45, 7) is 6.41. The van der Waals surface area contributed by atoms with Crippen molar-refractivity contribution in [1.29, 1.82) is 0 Å². The van der Waals surface area contributed by atoms with Crippen molar-refractivity contribution in [3.63, 3.8) is 0 Å². The average Bonchev–Trinajstić information content (AvgIpc) is 3.64. The Bertz CT molecular complexity index is 2070. The molecule has 0 bridgehead atoms. The van der Waals surface area contributed by atoms with Gasteiger partial charge in [0.25, 0.3) is 0 Å². The van der Waals surface area contributed by atoms with Gasteiger partial charge in [0.05, 0.1) is 0 Å². The van der Waals surface area contributed by atoms with Crippen LogP contribution in [-0.2, 0) is 49.0 Å². The number of hydrogen-bond donors (Lipinski definition) is 0. The Morgan fingerprint density at radius 1 is 0.571 bits per heavy atom. The number of benzene rings is 4. The van der Waals surface area contributed by atoms with E-state index in [0.29, 0.717) is 6.04 Å². The molecule has 0 spiro atoms. The van der Waals surface area contributed by atoms with Crippen LogP contribution in [0.1, 0.15) is 132 Å². The predicted octanol–water partition coefficient (Wildman–Crippen LogP) is 11.5. The van der Waals surface area contributed by atoms with Crippen molar-refractivity contribution in [2.45, 2.75) is 155 Å². The molecule has 63 heavy (non-hydrogen) atoms. The molecule has 6 aromatic carbocycles. The fraction of sp³-hybridized carbons (Fsp3) is 0.464. The van der Waals surface area contributed by atoms with Crippen molar-refractivity contribution >= 4 is 27.0 Å². The maximum Gasteiger partial charge on any atom is -1.00 e. The Kier molecular flexibility index (Phi) is 23.0. The van der Waals surface area contributed by atoms with Crippen LogP contribution in [0, 0.1) is 11.8 Å². The zero-order valence-electron chi connectivity index (χ0n) is 38.1. The van der Waals surface area contributed by atoms with Gasteiger partial charge in [-0.05, 0) is 59.8 Å². The van der Waals surface area contributed by atoms with E-state index >= 15 is 0 Å². The summed E-state index contributed by atoms with van der Waals surface area (Å²) >= 11 is 1.29. The summed E-state index contributed by atoms with van der Waals surface area (Å²) in [6.07, 6.45) is 20.0. The Hall–Kier alpha value is -2.43. The van der Waals surface area contributed by atoms with E-state index in [-0.39, 0.29) is 24.8 Å². The van der Waals surface area contributed by atoms with E-state index in [1.165, 1.54) is 194 Å². The Morgan fingerprint density at radius 3 is 1.27 bits per heavy atom. The van der Waals surface area contributed by atoms with Gasteiger partial charge < -0.3 is 24.8 Å². The molecule has 0 saturated heterocycles. The number of rotatable bonds is 12. The second kappa shape index (κ2) is 27.3. The molecule has 6 aromatic rings. The van der Waals surface area contributed by atoms with Crippen LogP contribution in [0.3, 0.4) is 0 Å². The zero-order valence-corrected chi connectivity index (χ0v) is 43.0. The van der Waals surface area contributed by atoms with Gasteiger partial charge in [-0.2, -0.15) is 12.1 Å². The molecule has 0 N–H and O–H groups in total. The van der Waals surface area contributed by atoms with E-state index in [1.807, 2.05) is 6.55 Å². The maximum absolute atomic E-state index is 11.4. The Morgan fingerprint density at radius 2 is 0.952 bits per heavy atom. The SMILES string of the molecule is CCCc1ccc(-c2cccc3[cH-]c(CC4CCCCCC4)cc23)cc1.CCCc1ccc(-c2cccc3[cH-]c(CC4CCCCCC4)cc23)cc1.C[Si](=[Zr+2])CCC(F)(F)F.[Cl-].[Cl-]. The van der Waals surface area contributed by atoms with E-state index in [1.54, 1.807) is 11.1 Å². The Balaban J connectivity index is 0.000000226. The van der Waals surface area contributed by atoms with Gasteiger partial charge >= 0.3 is 67.1 Å². The first-order valence-corrected chi connectivity index (χ1v) is 29.6. The number of fused-ring (bicyclic) bond motifs is 2. The summed E-state index contributed by atoms with van der Waals surface area (Å²) in [5.74, 6) is 1.79. The van der Waals surface area contributed by atoms with E-state index in [4.69, 9.17) is 0 Å². The molecule has 2 aliphatic rings. The molecule has 7 heteroatoms. The first-order chi connectivity index (χ1) is 29.6. The standard InChI is InChI=1S/2C26H31.C4H7F3Si.2ClH.Zr/c2*1-2-8-20-13-15-23(16-14-20)25-12-7-11-24-18-22(19-26(24)25)17-21-9-5-3-4-6-10-21;1-8-3-2-4(5,6)7;;;/h2*7,11-16,18-19,21H,2-6,8-10,17H2,1H3;2-3H2,1H3;2*1H;/q2*-1;;;;+2/p-2. The minimum absolute atomic E-state index is 0. The minimum Gasteiger partial charge on any atom is -1.00 e. The molecule has 0 aliphatic heterocycles. The zero-order chi connectivity index (χ0) is 43.0. The van der Waals surface area contributed by atoms with Gasteiger partial charge in [0.2, 0.25) is 0 Å². The van der Waals surface area contributed by atoms with Crippen LogP contribution in [0.2, 0.25) is 12.6 Å². The molecule has 8 rings (SSSR count). The molecule has 2 saturated carbocycles. The van der Waals surface area contributed by atoms with Crippen molar-refractivity contribution in [3.8, 4) is 22.3 Å². The molecular formula is C56H69Cl2F3SiZr-2. The summed E-state index contributed by atoms with van der Waals surface area (Å²) in [5, 5.41) is 5.67. The summed E-state index contributed by atoms with van der Waals surface area (Å²) in [6, 6.07) is 42.2. The van der Waals surface area contributed by atoms with Crippen LogP contribution < -0.4 is 24.8 Å². The summed E-state index contributed by atoms with van der Waals surface area (Å²) in [5.41, 5.74) is 10.8. The van der Waals surface area contributed by atoms with E-state index in [2.05, 4.69) is 123 Å². The second-order valence-corrected chi connectivity index (χ2v) is 26.6. The van der Waals surface area contributed by atoms with Crippen molar-refractivity contribution in [2.75, 3.05) is 0 Å². The normalized spacial score (nSPS) is 14.9. The van der Waals surface area contributed by atoms with Crippen molar-refractivity contribution in [1.82, 2.24) is 0 Å². The van der Waals surface area contributed by atoms with Crippen LogP contribution in [0.25, 0.3) is 43.8 Å². The first-order valence-electron chi connectivity index (χ1n) is 23.7. The maximum atomic E-state index is 11.4. The van der Waals surface area contributed by atoms with Crippen LogP contribution in [0.15, 0.2) is 109 Å². The van der Waals surface area contributed by atoms with Crippen molar-refractivity contribution in [3.05, 3.63) is 131 Å². The van der Waals surface area contributed by atoms with E-state index in [9.17, 15) is 13.2 Å². The molecule has 0 aromatic heterocycles. The average molecular weight is 989 g/mol. The molecular weight excluding hydrogens is 920 g/mol. The van der Waals surface area contributed by atoms with Gasteiger partial charge in [-0.25, -0.2) is 0 Å². The first kappa shape index (κ1) is 53.2. The van der Waals surface area contributed by atoms with Gasteiger partial charge in [-0.1, -0.05) is 176 Å². The molecule has 0 radical (unpaired) electrons. The van der Waals surface area contributed by atoms with Gasteiger partial charge in [0.15, 0.2) is 0 Å².